The van der Waals surface area contributed by atoms with E-state index in [0.717, 1.165) is 4.47 Å². The molecule has 0 aliphatic rings. The Morgan fingerprint density at radius 2 is 1.55 bits per heavy atom. The first kappa shape index (κ1) is 15.6. The smallest absolute Gasteiger partial charge is 0.332 e. The molecule has 1 aromatic carbocycles. The summed E-state index contributed by atoms with van der Waals surface area (Å²) >= 11 is 3.31. The van der Waals surface area contributed by atoms with Crippen LogP contribution in [0.5, 0.6) is 0 Å². The van der Waals surface area contributed by atoms with Gasteiger partial charge in [-0.1, -0.05) is 28.1 Å². The van der Waals surface area contributed by atoms with E-state index in [0.29, 0.717) is 17.0 Å². The van der Waals surface area contributed by atoms with E-state index in [-0.39, 0.29) is 0 Å². The zero-order valence-electron chi connectivity index (χ0n) is 10.6. The summed E-state index contributed by atoms with van der Waals surface area (Å²) in [6, 6.07) is 5.50. The summed E-state index contributed by atoms with van der Waals surface area (Å²) in [4.78, 5) is 21.4. The van der Waals surface area contributed by atoms with Crippen molar-refractivity contribution in [3.05, 3.63) is 34.3 Å². The molecule has 0 bridgehead atoms. The molecule has 0 spiro atoms. The lowest BCUT2D eigenvalue weighted by Crippen LogP contribution is -2.30. The van der Waals surface area contributed by atoms with Crippen molar-refractivity contribution in [2.24, 2.45) is 21.7 Å². The lowest BCUT2D eigenvalue weighted by atomic mass is 10.1. The number of primary amides is 2. The molecule has 0 radical (unpaired) electrons. The molecule has 0 saturated heterocycles. The summed E-state index contributed by atoms with van der Waals surface area (Å²) in [5.41, 5.74) is 15.5. The number of halogens is 1. The van der Waals surface area contributed by atoms with Gasteiger partial charge in [-0.2, -0.15) is 10.2 Å². The first-order valence-electron chi connectivity index (χ1n) is 5.39. The van der Waals surface area contributed by atoms with Crippen LogP contribution in [0.15, 0.2) is 38.9 Å². The van der Waals surface area contributed by atoms with Gasteiger partial charge in [0.2, 0.25) is 0 Å². The third-order valence-electron chi connectivity index (χ3n) is 2.07. The molecular weight excluding hydrogens is 328 g/mol. The molecule has 0 atom stereocenters. The number of urea groups is 2. The largest absolute Gasteiger partial charge is 0.350 e. The average Bonchev–Trinajstić information content (AvgIpc) is 2.38. The van der Waals surface area contributed by atoms with E-state index in [1.807, 2.05) is 0 Å². The summed E-state index contributed by atoms with van der Waals surface area (Å²) in [6.45, 7) is 1.60. The van der Waals surface area contributed by atoms with E-state index >= 15 is 0 Å². The van der Waals surface area contributed by atoms with Crippen molar-refractivity contribution in [1.29, 1.82) is 0 Å². The molecule has 0 aliphatic heterocycles. The zero-order valence-corrected chi connectivity index (χ0v) is 12.1. The number of hydrazone groups is 2. The first-order valence-corrected chi connectivity index (χ1v) is 6.18. The normalized spacial score (nSPS) is 11.9. The fourth-order valence-electron chi connectivity index (χ4n) is 1.26. The molecular formula is C11H13BrN6O2. The van der Waals surface area contributed by atoms with Crippen molar-refractivity contribution in [3.8, 4) is 0 Å². The van der Waals surface area contributed by atoms with Crippen LogP contribution in [0.3, 0.4) is 0 Å². The van der Waals surface area contributed by atoms with Crippen LogP contribution in [0, 0.1) is 0 Å². The minimum Gasteiger partial charge on any atom is -0.350 e. The van der Waals surface area contributed by atoms with Crippen molar-refractivity contribution in [2.75, 3.05) is 0 Å². The van der Waals surface area contributed by atoms with Crippen molar-refractivity contribution >= 4 is 39.4 Å². The molecule has 0 aliphatic carbocycles. The minimum absolute atomic E-state index is 0.338. The monoisotopic (exact) mass is 340 g/mol. The van der Waals surface area contributed by atoms with Gasteiger partial charge >= 0.3 is 12.1 Å². The summed E-state index contributed by atoms with van der Waals surface area (Å²) in [5, 5.41) is 7.61. The highest BCUT2D eigenvalue weighted by molar-refractivity contribution is 9.10. The average molecular weight is 341 g/mol. The number of amides is 4. The van der Waals surface area contributed by atoms with Crippen LogP contribution in [0.1, 0.15) is 12.5 Å². The van der Waals surface area contributed by atoms with Crippen LogP contribution in [-0.4, -0.2) is 23.5 Å². The maximum absolute atomic E-state index is 10.7. The molecule has 0 heterocycles. The molecule has 8 nitrogen and oxygen atoms in total. The Morgan fingerprint density at radius 1 is 1.05 bits per heavy atom. The van der Waals surface area contributed by atoms with Crippen molar-refractivity contribution in [2.45, 2.75) is 6.92 Å². The van der Waals surface area contributed by atoms with Gasteiger partial charge in [0.1, 0.15) is 5.71 Å². The number of carbonyl (C=O) groups excluding carboxylic acids is 2. The topological polar surface area (TPSA) is 135 Å². The van der Waals surface area contributed by atoms with E-state index in [9.17, 15) is 9.59 Å². The van der Waals surface area contributed by atoms with Crippen molar-refractivity contribution in [1.82, 2.24) is 10.9 Å². The number of carbonyl (C=O) groups is 2. The summed E-state index contributed by atoms with van der Waals surface area (Å²) in [5.74, 6) is 0. The molecule has 106 valence electrons. The number of hydrogen-bond donors (Lipinski definition) is 4. The van der Waals surface area contributed by atoms with Gasteiger partial charge in [-0.25, -0.2) is 20.4 Å². The van der Waals surface area contributed by atoms with E-state index in [4.69, 9.17) is 11.5 Å². The van der Waals surface area contributed by atoms with Crippen LogP contribution >= 0.6 is 15.9 Å². The predicted octanol–water partition coefficient (Wildman–Crippen LogP) is 0.866. The maximum atomic E-state index is 10.7. The Labute approximate surface area is 123 Å². The molecule has 0 unspecified atom stereocenters. The fourth-order valence-corrected chi connectivity index (χ4v) is 1.53. The van der Waals surface area contributed by atoms with E-state index in [1.54, 1.807) is 31.2 Å². The highest BCUT2D eigenvalue weighted by Crippen LogP contribution is 2.11. The Hall–Kier alpha value is -2.42. The van der Waals surface area contributed by atoms with Gasteiger partial charge < -0.3 is 11.5 Å². The highest BCUT2D eigenvalue weighted by atomic mass is 79.9. The molecule has 9 heteroatoms. The standard InChI is InChI=1S/C11H13BrN6O2/c1-6(15-17-10(13)19)9(16-18-11(14)20)7-2-4-8(12)5-3-7/h2-5H,1H3,(H3,13,17,19)(H3,14,18,20)/b15-6-,16-9+. The van der Waals surface area contributed by atoms with Crippen molar-refractivity contribution in [3.63, 3.8) is 0 Å². The third-order valence-corrected chi connectivity index (χ3v) is 2.60. The van der Waals surface area contributed by atoms with Gasteiger partial charge in [0, 0.05) is 10.0 Å². The number of hydrogen-bond acceptors (Lipinski definition) is 4. The second-order valence-electron chi connectivity index (χ2n) is 3.62. The van der Waals surface area contributed by atoms with Crippen molar-refractivity contribution < 1.29 is 9.59 Å². The van der Waals surface area contributed by atoms with Crippen LogP contribution in [-0.2, 0) is 0 Å². The molecule has 6 N–H and O–H groups in total. The maximum Gasteiger partial charge on any atom is 0.332 e. The van der Waals surface area contributed by atoms with Gasteiger partial charge in [0.25, 0.3) is 0 Å². The SMILES string of the molecule is CC(=N/NC(N)=O)/C(=N\NC(N)=O)c1ccc(Br)cc1. The Bertz CT molecular complexity index is 567. The van der Waals surface area contributed by atoms with Crippen LogP contribution in [0.2, 0.25) is 0 Å². The number of nitrogens with two attached hydrogens (primary N) is 2. The fraction of sp³-hybridized carbons (Fsp3) is 0.0909. The summed E-state index contributed by atoms with van der Waals surface area (Å²) in [7, 11) is 0. The number of nitrogens with one attached hydrogen (secondary N) is 2. The van der Waals surface area contributed by atoms with Crippen LogP contribution in [0.4, 0.5) is 9.59 Å². The second kappa shape index (κ2) is 7.24. The lowest BCUT2D eigenvalue weighted by molar-refractivity contribution is 0.248. The first-order chi connectivity index (χ1) is 9.40. The molecule has 1 aromatic rings. The Morgan fingerprint density at radius 3 is 2.05 bits per heavy atom. The second-order valence-corrected chi connectivity index (χ2v) is 4.53. The highest BCUT2D eigenvalue weighted by Gasteiger charge is 2.09. The minimum atomic E-state index is -0.810. The Balaban J connectivity index is 3.11. The predicted molar refractivity (Wildman–Crippen MR) is 79.2 cm³/mol. The summed E-state index contributed by atoms with van der Waals surface area (Å²) < 4.78 is 0.883. The number of benzene rings is 1. The van der Waals surface area contributed by atoms with Crippen LogP contribution in [0.25, 0.3) is 0 Å². The molecule has 0 fully saturated rings. The Kier molecular flexibility index (Phi) is 5.66. The molecule has 1 rings (SSSR count). The molecule has 0 aromatic heterocycles. The van der Waals surface area contributed by atoms with Gasteiger partial charge in [0.05, 0.1) is 5.71 Å². The zero-order chi connectivity index (χ0) is 15.1. The van der Waals surface area contributed by atoms with Crippen LogP contribution < -0.4 is 22.3 Å². The van der Waals surface area contributed by atoms with Gasteiger partial charge in [-0.15, -0.1) is 0 Å². The summed E-state index contributed by atoms with van der Waals surface area (Å²) in [6.07, 6.45) is 0. The van der Waals surface area contributed by atoms with E-state index < -0.39 is 12.1 Å². The quantitative estimate of drug-likeness (QED) is 0.477. The number of rotatable bonds is 4. The lowest BCUT2D eigenvalue weighted by Gasteiger charge is -2.07. The van der Waals surface area contributed by atoms with Gasteiger partial charge in [-0.05, 0) is 19.1 Å². The molecule has 4 amide bonds. The number of nitrogens with zero attached hydrogens (tertiary/aromatic N) is 2. The molecule has 0 saturated carbocycles. The van der Waals surface area contributed by atoms with Gasteiger partial charge in [-0.3, -0.25) is 0 Å². The van der Waals surface area contributed by atoms with E-state index in [2.05, 4.69) is 37.0 Å². The van der Waals surface area contributed by atoms with E-state index in [1.165, 1.54) is 0 Å². The third kappa shape index (κ3) is 5.06. The molecule has 20 heavy (non-hydrogen) atoms. The van der Waals surface area contributed by atoms with Gasteiger partial charge in [0.15, 0.2) is 0 Å².